The summed E-state index contributed by atoms with van der Waals surface area (Å²) in [4.78, 5) is 31.8. The first kappa shape index (κ1) is 16.4. The summed E-state index contributed by atoms with van der Waals surface area (Å²) in [5.74, 6) is -1.35. The average Bonchev–Trinajstić information content (AvgIpc) is 2.45. The van der Waals surface area contributed by atoms with Gasteiger partial charge in [0.15, 0.2) is 6.10 Å². The van der Waals surface area contributed by atoms with Crippen LogP contribution in [0.1, 0.15) is 12.0 Å². The van der Waals surface area contributed by atoms with E-state index in [4.69, 9.17) is 10.2 Å². The fourth-order valence-corrected chi connectivity index (χ4v) is 1.47. The Labute approximate surface area is 119 Å². The third-order valence-electron chi connectivity index (χ3n) is 2.56. The Morgan fingerprint density at radius 3 is 2.67 bits per heavy atom. The molecule has 4 N–H and O–H groups in total. The minimum Gasteiger partial charge on any atom is -0.479 e. The predicted molar refractivity (Wildman–Crippen MR) is 71.6 cm³/mol. The zero-order chi connectivity index (χ0) is 15.8. The maximum atomic E-state index is 11.4. The third kappa shape index (κ3) is 5.87. The monoisotopic (exact) mass is 297 g/mol. The molecule has 0 bridgehead atoms. The molecule has 0 heterocycles. The van der Waals surface area contributed by atoms with Gasteiger partial charge in [0.25, 0.3) is 5.69 Å². The lowest BCUT2D eigenvalue weighted by Gasteiger charge is -2.09. The largest absolute Gasteiger partial charge is 0.479 e. The summed E-state index contributed by atoms with van der Waals surface area (Å²) in [6.45, 7) is 0.0865. The van der Waals surface area contributed by atoms with Gasteiger partial charge in [-0.1, -0.05) is 12.1 Å². The molecule has 0 aliphatic heterocycles. The molecule has 0 aliphatic carbocycles. The van der Waals surface area contributed by atoms with Crippen LogP contribution in [-0.2, 0) is 11.3 Å². The number of hydrogen-bond donors (Lipinski definition) is 4. The van der Waals surface area contributed by atoms with E-state index in [2.05, 4.69) is 10.6 Å². The normalized spacial score (nSPS) is 11.5. The molecule has 0 aromatic heterocycles. The molecule has 0 unspecified atom stereocenters. The van der Waals surface area contributed by atoms with Crippen LogP contribution in [0.15, 0.2) is 24.3 Å². The Hall–Kier alpha value is -2.68. The molecule has 0 spiro atoms. The van der Waals surface area contributed by atoms with Crippen LogP contribution in [0.3, 0.4) is 0 Å². The van der Waals surface area contributed by atoms with Crippen LogP contribution < -0.4 is 10.6 Å². The maximum absolute atomic E-state index is 11.4. The van der Waals surface area contributed by atoms with Crippen molar-refractivity contribution in [2.24, 2.45) is 0 Å². The first-order valence-corrected chi connectivity index (χ1v) is 6.06. The van der Waals surface area contributed by atoms with Crippen LogP contribution in [-0.4, -0.2) is 39.8 Å². The molecule has 114 valence electrons. The molecule has 0 saturated heterocycles. The van der Waals surface area contributed by atoms with Crippen molar-refractivity contribution >= 4 is 17.7 Å². The van der Waals surface area contributed by atoms with E-state index in [-0.39, 0.29) is 25.2 Å². The molecule has 1 atom stereocenters. The van der Waals surface area contributed by atoms with E-state index >= 15 is 0 Å². The highest BCUT2D eigenvalue weighted by atomic mass is 16.6. The molecule has 0 saturated carbocycles. The number of carboxylic acids is 1. The Morgan fingerprint density at radius 1 is 1.33 bits per heavy atom. The van der Waals surface area contributed by atoms with Crippen molar-refractivity contribution in [3.63, 3.8) is 0 Å². The van der Waals surface area contributed by atoms with Crippen LogP contribution in [0.25, 0.3) is 0 Å². The summed E-state index contributed by atoms with van der Waals surface area (Å²) in [6, 6.07) is 5.27. The van der Waals surface area contributed by atoms with Crippen LogP contribution in [0.4, 0.5) is 10.5 Å². The molecule has 0 radical (unpaired) electrons. The molecule has 0 aliphatic rings. The highest BCUT2D eigenvalue weighted by Crippen LogP contribution is 2.12. The molecule has 2 amide bonds. The van der Waals surface area contributed by atoms with Gasteiger partial charge >= 0.3 is 12.0 Å². The van der Waals surface area contributed by atoms with E-state index in [0.717, 1.165) is 0 Å². The zero-order valence-corrected chi connectivity index (χ0v) is 11.0. The quantitative estimate of drug-likeness (QED) is 0.419. The van der Waals surface area contributed by atoms with Crippen molar-refractivity contribution in [1.82, 2.24) is 10.6 Å². The number of carboxylic acid groups (broad SMARTS) is 1. The standard InChI is InChI=1S/C12H15N3O6/c16-10(11(17)18)4-5-13-12(19)14-7-8-2-1-3-9(6-8)15(20)21/h1-3,6,10,16H,4-5,7H2,(H,17,18)(H2,13,14,19)/t10-/m0/s1. The van der Waals surface area contributed by atoms with Gasteiger partial charge in [0.1, 0.15) is 0 Å². The van der Waals surface area contributed by atoms with Crippen molar-refractivity contribution in [2.75, 3.05) is 6.54 Å². The first-order valence-electron chi connectivity index (χ1n) is 6.06. The number of aliphatic hydroxyl groups excluding tert-OH is 1. The van der Waals surface area contributed by atoms with Crippen LogP contribution in [0.5, 0.6) is 0 Å². The van der Waals surface area contributed by atoms with Gasteiger partial charge in [-0.25, -0.2) is 9.59 Å². The van der Waals surface area contributed by atoms with Gasteiger partial charge in [-0.05, 0) is 5.56 Å². The Kier molecular flexibility index (Phi) is 6.08. The first-order chi connectivity index (χ1) is 9.90. The summed E-state index contributed by atoms with van der Waals surface area (Å²) in [6.07, 6.45) is -1.64. The fourth-order valence-electron chi connectivity index (χ4n) is 1.47. The number of nitro benzene ring substituents is 1. The van der Waals surface area contributed by atoms with Crippen molar-refractivity contribution in [1.29, 1.82) is 0 Å². The minimum atomic E-state index is -1.53. The summed E-state index contributed by atoms with van der Waals surface area (Å²) in [7, 11) is 0. The van der Waals surface area contributed by atoms with Crippen LogP contribution in [0.2, 0.25) is 0 Å². The van der Waals surface area contributed by atoms with Crippen molar-refractivity contribution in [3.8, 4) is 0 Å². The lowest BCUT2D eigenvalue weighted by molar-refractivity contribution is -0.384. The van der Waals surface area contributed by atoms with Gasteiger partial charge in [0, 0.05) is 31.6 Å². The van der Waals surface area contributed by atoms with E-state index in [9.17, 15) is 19.7 Å². The van der Waals surface area contributed by atoms with E-state index in [0.29, 0.717) is 5.56 Å². The summed E-state index contributed by atoms with van der Waals surface area (Å²) >= 11 is 0. The summed E-state index contributed by atoms with van der Waals surface area (Å²) in [5, 5.41) is 32.9. The lowest BCUT2D eigenvalue weighted by atomic mass is 10.2. The molecule has 1 aromatic rings. The zero-order valence-electron chi connectivity index (χ0n) is 11.0. The summed E-state index contributed by atoms with van der Waals surface area (Å²) in [5.41, 5.74) is 0.490. The number of amides is 2. The number of nitrogens with one attached hydrogen (secondary N) is 2. The van der Waals surface area contributed by atoms with E-state index in [1.165, 1.54) is 18.2 Å². The van der Waals surface area contributed by atoms with Gasteiger partial charge in [-0.2, -0.15) is 0 Å². The number of nitrogens with zero attached hydrogens (tertiary/aromatic N) is 1. The number of urea groups is 1. The molecule has 21 heavy (non-hydrogen) atoms. The number of non-ortho nitro benzene ring substituents is 1. The van der Waals surface area contributed by atoms with Crippen LogP contribution >= 0.6 is 0 Å². The van der Waals surface area contributed by atoms with E-state index in [1.54, 1.807) is 6.07 Å². The number of benzene rings is 1. The number of carbonyl (C=O) groups is 2. The molecular weight excluding hydrogens is 282 g/mol. The fraction of sp³-hybridized carbons (Fsp3) is 0.333. The van der Waals surface area contributed by atoms with E-state index in [1.807, 2.05) is 0 Å². The minimum absolute atomic E-state index is 0.00572. The van der Waals surface area contributed by atoms with Gasteiger partial charge in [-0.15, -0.1) is 0 Å². The van der Waals surface area contributed by atoms with Gasteiger partial charge in [0.05, 0.1) is 4.92 Å². The smallest absolute Gasteiger partial charge is 0.332 e. The number of aliphatic hydroxyl groups is 1. The highest BCUT2D eigenvalue weighted by Gasteiger charge is 2.12. The molecule has 0 fully saturated rings. The molecule has 1 rings (SSSR count). The van der Waals surface area contributed by atoms with E-state index < -0.39 is 23.0 Å². The Balaban J connectivity index is 2.34. The second-order valence-corrected chi connectivity index (χ2v) is 4.18. The SMILES string of the molecule is O=C(NCC[C@H](O)C(=O)O)NCc1cccc([N+](=O)[O-])c1. The van der Waals surface area contributed by atoms with Crippen LogP contribution in [0, 0.1) is 10.1 Å². The lowest BCUT2D eigenvalue weighted by Crippen LogP contribution is -2.37. The molecule has 9 heteroatoms. The maximum Gasteiger partial charge on any atom is 0.332 e. The molecule has 9 nitrogen and oxygen atoms in total. The number of carbonyl (C=O) groups excluding carboxylic acids is 1. The third-order valence-corrected chi connectivity index (χ3v) is 2.56. The van der Waals surface area contributed by atoms with Gasteiger partial charge in [0.2, 0.25) is 0 Å². The number of nitro groups is 1. The number of hydrogen-bond acceptors (Lipinski definition) is 5. The Morgan fingerprint density at radius 2 is 2.05 bits per heavy atom. The second-order valence-electron chi connectivity index (χ2n) is 4.18. The van der Waals surface area contributed by atoms with Gasteiger partial charge < -0.3 is 20.8 Å². The van der Waals surface area contributed by atoms with Crippen molar-refractivity contribution in [2.45, 2.75) is 19.1 Å². The predicted octanol–water partition coefficient (Wildman–Crippen LogP) is 0.230. The molecular formula is C12H15N3O6. The second kappa shape index (κ2) is 7.80. The number of aliphatic carboxylic acids is 1. The topological polar surface area (TPSA) is 142 Å². The van der Waals surface area contributed by atoms with Crippen molar-refractivity contribution < 1.29 is 24.7 Å². The summed E-state index contributed by atoms with van der Waals surface area (Å²) < 4.78 is 0. The average molecular weight is 297 g/mol. The van der Waals surface area contributed by atoms with Crippen molar-refractivity contribution in [3.05, 3.63) is 39.9 Å². The van der Waals surface area contributed by atoms with Gasteiger partial charge in [-0.3, -0.25) is 10.1 Å². The Bertz CT molecular complexity index is 533. The highest BCUT2D eigenvalue weighted by molar-refractivity contribution is 5.74. The molecule has 1 aromatic carbocycles. The number of rotatable bonds is 7.